The fourth-order valence-corrected chi connectivity index (χ4v) is 4.87. The van der Waals surface area contributed by atoms with E-state index in [0.717, 1.165) is 16.7 Å². The molecule has 39 heavy (non-hydrogen) atoms. The average Bonchev–Trinajstić information content (AvgIpc) is 3.31. The lowest BCUT2D eigenvalue weighted by atomic mass is 10.0. The van der Waals surface area contributed by atoms with E-state index in [0.29, 0.717) is 45.0 Å². The molecule has 1 aromatic heterocycles. The molecule has 0 fully saturated rings. The van der Waals surface area contributed by atoms with Gasteiger partial charge in [0.05, 0.1) is 31.7 Å². The lowest BCUT2D eigenvalue weighted by Crippen LogP contribution is -2.30. The van der Waals surface area contributed by atoms with Crippen molar-refractivity contribution in [3.8, 4) is 0 Å². The van der Waals surface area contributed by atoms with Crippen molar-refractivity contribution in [1.82, 2.24) is 4.98 Å². The number of ether oxygens (including phenoxy) is 1. The first-order chi connectivity index (χ1) is 18.7. The SMILES string of the molecule is CC(OC(=O)c1c2c(nc3ccccc13)/C(=C\c1ccc(Cl)c(Cl)c1)CC2)C(=O)Nc1ccccc1[N+](=O)[O-]. The number of amides is 1. The molecule has 0 radical (unpaired) electrons. The topological polar surface area (TPSA) is 111 Å². The number of pyridine rings is 1. The Bertz CT molecular complexity index is 1690. The summed E-state index contributed by atoms with van der Waals surface area (Å²) in [5.74, 6) is -1.36. The van der Waals surface area contributed by atoms with E-state index < -0.39 is 22.9 Å². The Labute approximate surface area is 233 Å². The minimum Gasteiger partial charge on any atom is -0.449 e. The highest BCUT2D eigenvalue weighted by Gasteiger charge is 2.30. The molecule has 3 aromatic carbocycles. The fraction of sp³-hybridized carbons (Fsp3) is 0.138. The lowest BCUT2D eigenvalue weighted by molar-refractivity contribution is -0.383. The summed E-state index contributed by atoms with van der Waals surface area (Å²) < 4.78 is 5.59. The Morgan fingerprint density at radius 1 is 1.05 bits per heavy atom. The molecule has 1 heterocycles. The third-order valence-corrected chi connectivity index (χ3v) is 7.18. The van der Waals surface area contributed by atoms with Gasteiger partial charge >= 0.3 is 5.97 Å². The number of aromatic nitrogens is 1. The van der Waals surface area contributed by atoms with Gasteiger partial charge in [-0.3, -0.25) is 14.9 Å². The summed E-state index contributed by atoms with van der Waals surface area (Å²) in [4.78, 5) is 41.9. The second kappa shape index (κ2) is 10.8. The lowest BCUT2D eigenvalue weighted by Gasteiger charge is -2.16. The molecule has 1 unspecified atom stereocenters. The van der Waals surface area contributed by atoms with Crippen LogP contribution in [0.3, 0.4) is 0 Å². The van der Waals surface area contributed by atoms with Gasteiger partial charge < -0.3 is 10.1 Å². The van der Waals surface area contributed by atoms with Gasteiger partial charge in [-0.2, -0.15) is 0 Å². The Morgan fingerprint density at radius 3 is 2.56 bits per heavy atom. The normalized spacial score (nSPS) is 14.2. The number of carbonyl (C=O) groups is 2. The van der Waals surface area contributed by atoms with Crippen molar-refractivity contribution in [2.24, 2.45) is 0 Å². The van der Waals surface area contributed by atoms with Crippen LogP contribution in [-0.4, -0.2) is 27.9 Å². The van der Waals surface area contributed by atoms with E-state index in [1.807, 2.05) is 24.3 Å². The van der Waals surface area contributed by atoms with Gasteiger partial charge in [-0.05, 0) is 66.8 Å². The van der Waals surface area contributed by atoms with Crippen LogP contribution in [0.25, 0.3) is 22.6 Å². The number of para-hydroxylation sites is 3. The Morgan fingerprint density at radius 2 is 1.79 bits per heavy atom. The number of anilines is 1. The molecule has 1 amide bonds. The molecule has 4 aromatic rings. The first kappa shape index (κ1) is 26.3. The van der Waals surface area contributed by atoms with Crippen LogP contribution in [0.5, 0.6) is 0 Å². The van der Waals surface area contributed by atoms with Crippen molar-refractivity contribution < 1.29 is 19.2 Å². The molecule has 196 valence electrons. The zero-order valence-corrected chi connectivity index (χ0v) is 22.1. The molecule has 10 heteroatoms. The molecule has 1 aliphatic rings. The molecule has 8 nitrogen and oxygen atoms in total. The van der Waals surface area contributed by atoms with Crippen molar-refractivity contribution in [2.45, 2.75) is 25.9 Å². The van der Waals surface area contributed by atoms with Crippen LogP contribution in [0.1, 0.15) is 40.5 Å². The maximum absolute atomic E-state index is 13.5. The maximum Gasteiger partial charge on any atom is 0.339 e. The van der Waals surface area contributed by atoms with Crippen LogP contribution < -0.4 is 5.32 Å². The molecule has 1 aliphatic carbocycles. The minimum absolute atomic E-state index is 0.0164. The summed E-state index contributed by atoms with van der Waals surface area (Å²) in [6, 6.07) is 18.3. The molecule has 0 spiro atoms. The van der Waals surface area contributed by atoms with Crippen molar-refractivity contribution in [3.05, 3.63) is 109 Å². The number of nitro groups is 1. The molecular weight excluding hydrogens is 541 g/mol. The number of esters is 1. The molecule has 1 N–H and O–H groups in total. The Hall–Kier alpha value is -4.27. The first-order valence-electron chi connectivity index (χ1n) is 12.1. The number of nitrogens with zero attached hydrogens (tertiary/aromatic N) is 2. The van der Waals surface area contributed by atoms with Crippen LogP contribution in [0.15, 0.2) is 66.7 Å². The van der Waals surface area contributed by atoms with Gasteiger partial charge in [0.15, 0.2) is 6.10 Å². The quantitative estimate of drug-likeness (QED) is 0.152. The van der Waals surface area contributed by atoms with Crippen LogP contribution >= 0.6 is 23.2 Å². The second-order valence-corrected chi connectivity index (χ2v) is 9.80. The molecule has 0 saturated heterocycles. The predicted molar refractivity (Wildman–Crippen MR) is 151 cm³/mol. The number of halogens is 2. The third-order valence-electron chi connectivity index (χ3n) is 6.44. The Kier molecular flexibility index (Phi) is 7.32. The van der Waals surface area contributed by atoms with Crippen LogP contribution in [-0.2, 0) is 16.0 Å². The van der Waals surface area contributed by atoms with Gasteiger partial charge in [-0.25, -0.2) is 9.78 Å². The summed E-state index contributed by atoms with van der Waals surface area (Å²) >= 11 is 12.2. The summed E-state index contributed by atoms with van der Waals surface area (Å²) in [6.45, 7) is 1.42. The molecule has 5 rings (SSSR count). The summed E-state index contributed by atoms with van der Waals surface area (Å²) in [5.41, 5.74) is 3.92. The molecule has 1 atom stereocenters. The van der Waals surface area contributed by atoms with E-state index in [1.165, 1.54) is 25.1 Å². The predicted octanol–water partition coefficient (Wildman–Crippen LogP) is 7.12. The first-order valence-corrected chi connectivity index (χ1v) is 12.8. The number of nitro benzene ring substituents is 1. The van der Waals surface area contributed by atoms with Gasteiger partial charge in [0.1, 0.15) is 5.69 Å². The van der Waals surface area contributed by atoms with Gasteiger partial charge in [-0.1, -0.05) is 59.6 Å². The van der Waals surface area contributed by atoms with Crippen molar-refractivity contribution in [3.63, 3.8) is 0 Å². The van der Waals surface area contributed by atoms with E-state index in [-0.39, 0.29) is 11.4 Å². The van der Waals surface area contributed by atoms with Crippen LogP contribution in [0, 0.1) is 10.1 Å². The number of hydrogen-bond donors (Lipinski definition) is 1. The second-order valence-electron chi connectivity index (χ2n) is 8.99. The average molecular weight is 562 g/mol. The van der Waals surface area contributed by atoms with Crippen molar-refractivity contribution in [1.29, 1.82) is 0 Å². The highest BCUT2D eigenvalue weighted by Crippen LogP contribution is 2.38. The number of rotatable bonds is 6. The molecular formula is C29H21Cl2N3O5. The number of nitrogens with one attached hydrogen (secondary N) is 1. The van der Waals surface area contributed by atoms with E-state index in [4.69, 9.17) is 32.9 Å². The van der Waals surface area contributed by atoms with Crippen molar-refractivity contribution >= 4 is 69.0 Å². The van der Waals surface area contributed by atoms with Gasteiger partial charge in [0, 0.05) is 11.5 Å². The van der Waals surface area contributed by atoms with E-state index in [1.54, 1.807) is 30.3 Å². The third kappa shape index (κ3) is 5.34. The molecule has 0 bridgehead atoms. The van der Waals surface area contributed by atoms with Gasteiger partial charge in [0.2, 0.25) is 0 Å². The van der Waals surface area contributed by atoms with E-state index in [9.17, 15) is 19.7 Å². The number of benzene rings is 3. The number of fused-ring (bicyclic) bond motifs is 2. The zero-order chi connectivity index (χ0) is 27.7. The monoisotopic (exact) mass is 561 g/mol. The zero-order valence-electron chi connectivity index (χ0n) is 20.6. The maximum atomic E-state index is 13.5. The number of hydrogen-bond acceptors (Lipinski definition) is 6. The van der Waals surface area contributed by atoms with E-state index >= 15 is 0 Å². The van der Waals surface area contributed by atoms with Crippen molar-refractivity contribution in [2.75, 3.05) is 5.32 Å². The standard InChI is InChI=1S/C29H21Cl2N3O5/c1-16(28(35)33-24-8-4-5-9-25(24)34(37)38)39-29(36)26-19-6-2-3-7-23(19)32-27-18(11-12-20(26)27)14-17-10-13-21(30)22(31)15-17/h2-10,13-16H,11-12H2,1H3,(H,33,35)/b18-14-. The fourth-order valence-electron chi connectivity index (χ4n) is 4.56. The van der Waals surface area contributed by atoms with Gasteiger partial charge in [-0.15, -0.1) is 0 Å². The summed E-state index contributed by atoms with van der Waals surface area (Å²) in [7, 11) is 0. The van der Waals surface area contributed by atoms with Crippen LogP contribution in [0.2, 0.25) is 10.0 Å². The smallest absolute Gasteiger partial charge is 0.339 e. The molecule has 0 saturated carbocycles. The molecule has 0 aliphatic heterocycles. The van der Waals surface area contributed by atoms with Gasteiger partial charge in [0.25, 0.3) is 11.6 Å². The summed E-state index contributed by atoms with van der Waals surface area (Å²) in [5, 5.41) is 15.3. The number of allylic oxidation sites excluding steroid dienone is 1. The van der Waals surface area contributed by atoms with Crippen LogP contribution in [0.4, 0.5) is 11.4 Å². The summed E-state index contributed by atoms with van der Waals surface area (Å²) in [6.07, 6.45) is 1.95. The largest absolute Gasteiger partial charge is 0.449 e. The highest BCUT2D eigenvalue weighted by molar-refractivity contribution is 6.42. The number of carbonyl (C=O) groups excluding carboxylic acids is 2. The highest BCUT2D eigenvalue weighted by atomic mass is 35.5. The Balaban J connectivity index is 1.46. The van der Waals surface area contributed by atoms with E-state index in [2.05, 4.69) is 5.32 Å². The minimum atomic E-state index is -1.22.